The summed E-state index contributed by atoms with van der Waals surface area (Å²) in [7, 11) is 0. The summed E-state index contributed by atoms with van der Waals surface area (Å²) in [4.78, 5) is 11.7. The summed E-state index contributed by atoms with van der Waals surface area (Å²) in [5.74, 6) is 0.618. The number of aromatic nitrogens is 2. The highest BCUT2D eigenvalue weighted by atomic mass is 79.9. The molecular formula is C9H13BrN2OS. The summed E-state index contributed by atoms with van der Waals surface area (Å²) in [5, 5.41) is 4.16. The fourth-order valence-corrected chi connectivity index (χ4v) is 2.09. The van der Waals surface area contributed by atoms with Crippen molar-refractivity contribution >= 4 is 33.5 Å². The molecule has 1 aromatic rings. The molecule has 0 saturated carbocycles. The van der Waals surface area contributed by atoms with Crippen molar-refractivity contribution in [1.29, 1.82) is 0 Å². The number of rotatable bonds is 4. The van der Waals surface area contributed by atoms with Crippen LogP contribution in [0.25, 0.3) is 0 Å². The normalized spacial score (nSPS) is 10.9. The van der Waals surface area contributed by atoms with Gasteiger partial charge < -0.3 is 0 Å². The minimum Gasteiger partial charge on any atom is -0.291 e. The predicted molar refractivity (Wildman–Crippen MR) is 63.0 cm³/mol. The Labute approximate surface area is 96.4 Å². The highest BCUT2D eigenvalue weighted by Crippen LogP contribution is 2.20. The van der Waals surface area contributed by atoms with E-state index >= 15 is 0 Å². The lowest BCUT2D eigenvalue weighted by molar-refractivity contribution is 0.101. The predicted octanol–water partition coefficient (Wildman–Crippen LogP) is 2.77. The van der Waals surface area contributed by atoms with Crippen LogP contribution in [0.15, 0.2) is 10.7 Å². The molecule has 0 N–H and O–H groups in total. The molecule has 1 rings (SSSR count). The fraction of sp³-hybridized carbons (Fsp3) is 0.556. The molecule has 0 bridgehead atoms. The van der Waals surface area contributed by atoms with E-state index < -0.39 is 0 Å². The third-order valence-corrected chi connectivity index (χ3v) is 2.91. The van der Waals surface area contributed by atoms with Crippen molar-refractivity contribution in [2.75, 3.05) is 12.0 Å². The third-order valence-electron chi connectivity index (χ3n) is 1.78. The van der Waals surface area contributed by atoms with E-state index in [9.17, 15) is 4.79 Å². The maximum atomic E-state index is 11.7. The molecule has 0 fully saturated rings. The zero-order valence-electron chi connectivity index (χ0n) is 8.45. The molecule has 0 unspecified atom stereocenters. The summed E-state index contributed by atoms with van der Waals surface area (Å²) in [6.07, 6.45) is 3.59. The zero-order valence-corrected chi connectivity index (χ0v) is 10.9. The Morgan fingerprint density at radius 3 is 2.86 bits per heavy atom. The van der Waals surface area contributed by atoms with Gasteiger partial charge in [-0.25, -0.2) is 0 Å². The highest BCUT2D eigenvalue weighted by Gasteiger charge is 2.17. The molecule has 5 heteroatoms. The second-order valence-corrected chi connectivity index (χ2v) is 4.96. The second kappa shape index (κ2) is 4.98. The first kappa shape index (κ1) is 11.8. The van der Waals surface area contributed by atoms with Gasteiger partial charge in [0.2, 0.25) is 0 Å². The van der Waals surface area contributed by atoms with Crippen LogP contribution in [0.4, 0.5) is 0 Å². The van der Waals surface area contributed by atoms with E-state index in [-0.39, 0.29) is 11.8 Å². The number of Topliss-reactive ketones (excluding diaryl/α,β-unsaturated/α-hetero) is 1. The topological polar surface area (TPSA) is 34.9 Å². The second-order valence-electron chi connectivity index (χ2n) is 3.24. The van der Waals surface area contributed by atoms with Gasteiger partial charge in [-0.15, -0.1) is 0 Å². The average molecular weight is 277 g/mol. The summed E-state index contributed by atoms with van der Waals surface area (Å²) < 4.78 is 2.54. The maximum Gasteiger partial charge on any atom is 0.191 e. The highest BCUT2D eigenvalue weighted by molar-refractivity contribution is 9.10. The molecule has 14 heavy (non-hydrogen) atoms. The van der Waals surface area contributed by atoms with E-state index in [0.29, 0.717) is 11.4 Å². The Balaban J connectivity index is 3.04. The van der Waals surface area contributed by atoms with Crippen LogP contribution >= 0.6 is 27.7 Å². The number of ketones is 1. The lowest BCUT2D eigenvalue weighted by Gasteiger charge is -2.09. The van der Waals surface area contributed by atoms with Gasteiger partial charge in [-0.3, -0.25) is 9.48 Å². The first-order valence-electron chi connectivity index (χ1n) is 4.33. The standard InChI is InChI=1S/C9H13BrN2OS/c1-6(2)12-9(7(10)4-11-12)8(13)5-14-3/h4,6H,5H2,1-3H3. The van der Waals surface area contributed by atoms with Crippen LogP contribution in [0.5, 0.6) is 0 Å². The molecule has 0 saturated heterocycles. The number of carbonyl (C=O) groups is 1. The van der Waals surface area contributed by atoms with Gasteiger partial charge in [0, 0.05) is 6.04 Å². The van der Waals surface area contributed by atoms with Gasteiger partial charge in [-0.1, -0.05) is 0 Å². The molecule has 3 nitrogen and oxygen atoms in total. The van der Waals surface area contributed by atoms with Crippen LogP contribution in [-0.2, 0) is 0 Å². The van der Waals surface area contributed by atoms with Crippen molar-refractivity contribution in [2.45, 2.75) is 19.9 Å². The van der Waals surface area contributed by atoms with Crippen molar-refractivity contribution < 1.29 is 4.79 Å². The number of hydrogen-bond donors (Lipinski definition) is 0. The fourth-order valence-electron chi connectivity index (χ4n) is 1.19. The molecule has 0 aliphatic heterocycles. The first-order chi connectivity index (χ1) is 6.57. The van der Waals surface area contributed by atoms with E-state index in [1.54, 1.807) is 10.9 Å². The van der Waals surface area contributed by atoms with E-state index in [2.05, 4.69) is 21.0 Å². The van der Waals surface area contributed by atoms with Gasteiger partial charge in [0.25, 0.3) is 0 Å². The molecule has 0 radical (unpaired) electrons. The molecule has 78 valence electrons. The molecular weight excluding hydrogens is 264 g/mol. The minimum absolute atomic E-state index is 0.121. The lowest BCUT2D eigenvalue weighted by atomic mass is 10.3. The molecule has 0 atom stereocenters. The van der Waals surface area contributed by atoms with Crippen molar-refractivity contribution in [1.82, 2.24) is 9.78 Å². The molecule has 0 aliphatic carbocycles. The van der Waals surface area contributed by atoms with Crippen molar-refractivity contribution in [3.63, 3.8) is 0 Å². The summed E-state index contributed by atoms with van der Waals surface area (Å²) in [5.41, 5.74) is 0.675. The molecule has 0 amide bonds. The van der Waals surface area contributed by atoms with Crippen LogP contribution in [-0.4, -0.2) is 27.6 Å². The molecule has 1 aromatic heterocycles. The van der Waals surface area contributed by atoms with E-state index in [0.717, 1.165) is 4.47 Å². The average Bonchev–Trinajstić information content (AvgIpc) is 2.47. The van der Waals surface area contributed by atoms with E-state index in [4.69, 9.17) is 0 Å². The van der Waals surface area contributed by atoms with Crippen LogP contribution < -0.4 is 0 Å². The SMILES string of the molecule is CSCC(=O)c1c(Br)cnn1C(C)C. The third kappa shape index (κ3) is 2.39. The van der Waals surface area contributed by atoms with Gasteiger partial charge in [-0.05, 0) is 36.0 Å². The zero-order chi connectivity index (χ0) is 10.7. The molecule has 0 aromatic carbocycles. The van der Waals surface area contributed by atoms with Crippen LogP contribution in [0, 0.1) is 0 Å². The van der Waals surface area contributed by atoms with Crippen LogP contribution in [0.1, 0.15) is 30.4 Å². The Bertz CT molecular complexity index is 336. The Morgan fingerprint density at radius 1 is 1.71 bits per heavy atom. The Hall–Kier alpha value is -0.290. The maximum absolute atomic E-state index is 11.7. The Kier molecular flexibility index (Phi) is 4.19. The molecule has 0 spiro atoms. The van der Waals surface area contributed by atoms with Crippen molar-refractivity contribution in [3.8, 4) is 0 Å². The van der Waals surface area contributed by atoms with Crippen LogP contribution in [0.3, 0.4) is 0 Å². The van der Waals surface area contributed by atoms with Gasteiger partial charge >= 0.3 is 0 Å². The number of halogens is 1. The van der Waals surface area contributed by atoms with E-state index in [1.165, 1.54) is 11.8 Å². The molecule has 1 heterocycles. The Morgan fingerprint density at radius 2 is 2.36 bits per heavy atom. The summed E-state index contributed by atoms with van der Waals surface area (Å²) in [6, 6.07) is 0.210. The largest absolute Gasteiger partial charge is 0.291 e. The quantitative estimate of drug-likeness (QED) is 0.794. The smallest absolute Gasteiger partial charge is 0.191 e. The van der Waals surface area contributed by atoms with Crippen LogP contribution in [0.2, 0.25) is 0 Å². The molecule has 0 aliphatic rings. The van der Waals surface area contributed by atoms with Gasteiger partial charge in [0.05, 0.1) is 16.4 Å². The van der Waals surface area contributed by atoms with Gasteiger partial charge in [0.1, 0.15) is 5.69 Å². The van der Waals surface area contributed by atoms with E-state index in [1.807, 2.05) is 20.1 Å². The number of hydrogen-bond acceptors (Lipinski definition) is 3. The van der Waals surface area contributed by atoms with Crippen molar-refractivity contribution in [3.05, 3.63) is 16.4 Å². The number of thioether (sulfide) groups is 1. The number of carbonyl (C=O) groups excluding carboxylic acids is 1. The van der Waals surface area contributed by atoms with Gasteiger partial charge in [-0.2, -0.15) is 16.9 Å². The first-order valence-corrected chi connectivity index (χ1v) is 6.51. The number of nitrogens with zero attached hydrogens (tertiary/aromatic N) is 2. The lowest BCUT2D eigenvalue weighted by Crippen LogP contribution is -2.14. The van der Waals surface area contributed by atoms with Gasteiger partial charge in [0.15, 0.2) is 5.78 Å². The summed E-state index contributed by atoms with van der Waals surface area (Å²) >= 11 is 4.87. The summed E-state index contributed by atoms with van der Waals surface area (Å²) in [6.45, 7) is 4.02. The monoisotopic (exact) mass is 276 g/mol. The van der Waals surface area contributed by atoms with Crippen molar-refractivity contribution in [2.24, 2.45) is 0 Å². The minimum atomic E-state index is 0.121.